The van der Waals surface area contributed by atoms with Gasteiger partial charge in [0.15, 0.2) is 5.82 Å². The van der Waals surface area contributed by atoms with Gasteiger partial charge in [-0.05, 0) is 18.6 Å². The summed E-state index contributed by atoms with van der Waals surface area (Å²) in [4.78, 5) is 17.8. The van der Waals surface area contributed by atoms with Gasteiger partial charge in [-0.2, -0.15) is 17.6 Å². The van der Waals surface area contributed by atoms with Crippen molar-refractivity contribution in [1.29, 1.82) is 0 Å². The summed E-state index contributed by atoms with van der Waals surface area (Å²) in [5, 5.41) is 3.94. The van der Waals surface area contributed by atoms with Crippen LogP contribution in [-0.2, 0) is 4.79 Å². The van der Waals surface area contributed by atoms with E-state index >= 15 is 0 Å². The summed E-state index contributed by atoms with van der Waals surface area (Å²) in [6.45, 7) is 3.36. The Bertz CT molecular complexity index is 386. The fourth-order valence-corrected chi connectivity index (χ4v) is 2.31. The minimum Gasteiger partial charge on any atom is -0.343 e. The molecule has 1 saturated heterocycles. The van der Waals surface area contributed by atoms with Crippen molar-refractivity contribution in [2.24, 2.45) is 0 Å². The Kier molecular flexibility index (Phi) is 4.04. The molecule has 5 nitrogen and oxygen atoms in total. The number of likely N-dealkylation sites (tertiary alicyclic amines) is 1. The van der Waals surface area contributed by atoms with Crippen molar-refractivity contribution in [3.05, 3.63) is 11.7 Å². The molecule has 0 spiro atoms. The molecule has 0 aromatic carbocycles. The van der Waals surface area contributed by atoms with Gasteiger partial charge >= 0.3 is 0 Å². The van der Waals surface area contributed by atoms with E-state index in [9.17, 15) is 4.79 Å². The Morgan fingerprint density at radius 1 is 1.53 bits per heavy atom. The lowest BCUT2D eigenvalue weighted by molar-refractivity contribution is -0.131. The first kappa shape index (κ1) is 12.4. The molecular weight excluding hydrogens is 238 g/mol. The fraction of sp³-hybridized carbons (Fsp3) is 0.727. The summed E-state index contributed by atoms with van der Waals surface area (Å²) in [5.41, 5.74) is 0. The quantitative estimate of drug-likeness (QED) is 0.830. The summed E-state index contributed by atoms with van der Waals surface area (Å²) < 4.78 is 4.98. The molecule has 2 rings (SSSR count). The number of hydrogen-bond donors (Lipinski definition) is 1. The highest BCUT2D eigenvalue weighted by Gasteiger charge is 2.26. The van der Waals surface area contributed by atoms with Crippen LogP contribution < -0.4 is 0 Å². The highest BCUT2D eigenvalue weighted by Crippen LogP contribution is 2.26. The standard InChI is InChI=1S/C11H17N3O2S/c1-8-12-11(13-16-8)9-2-5-14(6-3-9)10(15)4-7-17/h9,17H,2-7H2,1H3. The number of thiol groups is 1. The van der Waals surface area contributed by atoms with Crippen molar-refractivity contribution >= 4 is 18.5 Å². The number of aromatic nitrogens is 2. The Balaban J connectivity index is 1.88. The highest BCUT2D eigenvalue weighted by molar-refractivity contribution is 7.80. The molecule has 6 heteroatoms. The second-order valence-corrected chi connectivity index (χ2v) is 4.75. The molecule has 0 radical (unpaired) electrons. The average Bonchev–Trinajstić information content (AvgIpc) is 2.76. The zero-order valence-electron chi connectivity index (χ0n) is 9.93. The first-order valence-corrected chi connectivity index (χ1v) is 6.53. The predicted octanol–water partition coefficient (Wildman–Crippen LogP) is 1.40. The number of carbonyl (C=O) groups is 1. The van der Waals surface area contributed by atoms with E-state index in [4.69, 9.17) is 4.52 Å². The number of piperidine rings is 1. The summed E-state index contributed by atoms with van der Waals surface area (Å²) in [5.74, 6) is 2.52. The minimum atomic E-state index is 0.197. The van der Waals surface area contributed by atoms with E-state index in [2.05, 4.69) is 22.8 Å². The number of rotatable bonds is 3. The van der Waals surface area contributed by atoms with Gasteiger partial charge in [-0.3, -0.25) is 4.79 Å². The summed E-state index contributed by atoms with van der Waals surface area (Å²) in [7, 11) is 0. The van der Waals surface area contributed by atoms with E-state index in [-0.39, 0.29) is 5.91 Å². The normalized spacial score (nSPS) is 17.4. The number of hydrogen-bond acceptors (Lipinski definition) is 5. The molecular formula is C11H17N3O2S. The van der Waals surface area contributed by atoms with Crippen molar-refractivity contribution in [1.82, 2.24) is 15.0 Å². The topological polar surface area (TPSA) is 59.2 Å². The maximum absolute atomic E-state index is 11.7. The summed E-state index contributed by atoms with van der Waals surface area (Å²) in [6.07, 6.45) is 2.35. The minimum absolute atomic E-state index is 0.197. The van der Waals surface area contributed by atoms with Crippen LogP contribution in [0.15, 0.2) is 4.52 Å². The number of nitrogens with zero attached hydrogens (tertiary/aromatic N) is 3. The van der Waals surface area contributed by atoms with Crippen LogP contribution in [0.3, 0.4) is 0 Å². The van der Waals surface area contributed by atoms with Crippen LogP contribution in [0.1, 0.15) is 36.9 Å². The maximum Gasteiger partial charge on any atom is 0.223 e. The van der Waals surface area contributed by atoms with Crippen molar-refractivity contribution in [3.63, 3.8) is 0 Å². The van der Waals surface area contributed by atoms with Gasteiger partial charge in [0.25, 0.3) is 0 Å². The molecule has 1 aromatic heterocycles. The summed E-state index contributed by atoms with van der Waals surface area (Å²) >= 11 is 4.08. The molecule has 0 aliphatic carbocycles. The number of amides is 1. The molecule has 0 saturated carbocycles. The lowest BCUT2D eigenvalue weighted by atomic mass is 9.96. The molecule has 1 aliphatic heterocycles. The number of carbonyl (C=O) groups excluding carboxylic acids is 1. The van der Waals surface area contributed by atoms with Crippen LogP contribution in [-0.4, -0.2) is 39.8 Å². The van der Waals surface area contributed by atoms with Gasteiger partial charge in [0, 0.05) is 32.4 Å². The third kappa shape index (κ3) is 3.00. The molecule has 2 heterocycles. The zero-order valence-corrected chi connectivity index (χ0v) is 10.8. The molecule has 1 amide bonds. The lowest BCUT2D eigenvalue weighted by Crippen LogP contribution is -2.38. The molecule has 0 N–H and O–H groups in total. The molecule has 0 unspecified atom stereocenters. The van der Waals surface area contributed by atoms with Gasteiger partial charge in [0.2, 0.25) is 11.8 Å². The molecule has 1 aromatic rings. The molecule has 1 fully saturated rings. The van der Waals surface area contributed by atoms with Crippen molar-refractivity contribution in [3.8, 4) is 0 Å². The van der Waals surface area contributed by atoms with Crippen LogP contribution in [0.2, 0.25) is 0 Å². The monoisotopic (exact) mass is 255 g/mol. The van der Waals surface area contributed by atoms with Crippen LogP contribution >= 0.6 is 12.6 Å². The van der Waals surface area contributed by atoms with Crippen molar-refractivity contribution < 1.29 is 9.32 Å². The van der Waals surface area contributed by atoms with E-state index in [0.717, 1.165) is 31.8 Å². The first-order chi connectivity index (χ1) is 8.20. The van der Waals surface area contributed by atoms with Gasteiger partial charge in [0.1, 0.15) is 0 Å². The average molecular weight is 255 g/mol. The van der Waals surface area contributed by atoms with Crippen LogP contribution in [0.4, 0.5) is 0 Å². The Labute approximate surface area is 106 Å². The smallest absolute Gasteiger partial charge is 0.223 e. The molecule has 94 valence electrons. The van der Waals surface area contributed by atoms with Gasteiger partial charge in [0.05, 0.1) is 0 Å². The maximum atomic E-state index is 11.7. The van der Waals surface area contributed by atoms with E-state index < -0.39 is 0 Å². The van der Waals surface area contributed by atoms with E-state index in [0.29, 0.717) is 24.0 Å². The van der Waals surface area contributed by atoms with Crippen molar-refractivity contribution in [2.45, 2.75) is 32.1 Å². The first-order valence-electron chi connectivity index (χ1n) is 5.89. The lowest BCUT2D eigenvalue weighted by Gasteiger charge is -2.30. The largest absolute Gasteiger partial charge is 0.343 e. The van der Waals surface area contributed by atoms with E-state index in [1.165, 1.54) is 0 Å². The van der Waals surface area contributed by atoms with E-state index in [1.54, 1.807) is 6.92 Å². The molecule has 1 aliphatic rings. The molecule has 0 bridgehead atoms. The van der Waals surface area contributed by atoms with Gasteiger partial charge < -0.3 is 9.42 Å². The SMILES string of the molecule is Cc1nc(C2CCN(C(=O)CCS)CC2)no1. The highest BCUT2D eigenvalue weighted by atomic mass is 32.1. The van der Waals surface area contributed by atoms with Crippen molar-refractivity contribution in [2.75, 3.05) is 18.8 Å². The Morgan fingerprint density at radius 3 is 2.76 bits per heavy atom. The third-order valence-corrected chi connectivity index (χ3v) is 3.31. The third-order valence-electron chi connectivity index (χ3n) is 3.08. The second kappa shape index (κ2) is 5.53. The van der Waals surface area contributed by atoms with Gasteiger partial charge in [-0.1, -0.05) is 5.16 Å². The van der Waals surface area contributed by atoms with Crippen LogP contribution in [0.5, 0.6) is 0 Å². The molecule has 0 atom stereocenters. The van der Waals surface area contributed by atoms with Gasteiger partial charge in [-0.25, -0.2) is 0 Å². The Morgan fingerprint density at radius 2 is 2.24 bits per heavy atom. The molecule has 17 heavy (non-hydrogen) atoms. The van der Waals surface area contributed by atoms with Gasteiger partial charge in [-0.15, -0.1) is 0 Å². The summed E-state index contributed by atoms with van der Waals surface area (Å²) in [6, 6.07) is 0. The fourth-order valence-electron chi connectivity index (χ4n) is 2.12. The van der Waals surface area contributed by atoms with Crippen LogP contribution in [0, 0.1) is 6.92 Å². The Hall–Kier alpha value is -1.04. The predicted molar refractivity (Wildman–Crippen MR) is 66.1 cm³/mol. The van der Waals surface area contributed by atoms with Crippen LogP contribution in [0.25, 0.3) is 0 Å². The number of aryl methyl sites for hydroxylation is 1. The van der Waals surface area contributed by atoms with E-state index in [1.807, 2.05) is 4.90 Å². The zero-order chi connectivity index (χ0) is 12.3. The second-order valence-electron chi connectivity index (χ2n) is 4.30.